The molecule has 0 spiro atoms. The Morgan fingerprint density at radius 1 is 1.05 bits per heavy atom. The standard InChI is InChI=1S/C17H16BrNO/c1-13-12-14-4-2-3-5-17(14)19(13)10-11-20-16-8-6-15(18)7-9-16/h2-9,12H,10-11H2,1H3. The molecule has 0 aliphatic heterocycles. The van der Waals surface area contributed by atoms with Crippen molar-refractivity contribution in [1.82, 2.24) is 4.57 Å². The van der Waals surface area contributed by atoms with Crippen LogP contribution in [0.2, 0.25) is 0 Å². The van der Waals surface area contributed by atoms with E-state index >= 15 is 0 Å². The second kappa shape index (κ2) is 5.71. The molecule has 1 heterocycles. The lowest BCUT2D eigenvalue weighted by atomic mass is 10.2. The average Bonchev–Trinajstić information content (AvgIpc) is 2.77. The van der Waals surface area contributed by atoms with Crippen LogP contribution in [0.5, 0.6) is 5.75 Å². The van der Waals surface area contributed by atoms with Gasteiger partial charge in [-0.2, -0.15) is 0 Å². The zero-order valence-corrected chi connectivity index (χ0v) is 12.9. The minimum absolute atomic E-state index is 0.668. The van der Waals surface area contributed by atoms with Gasteiger partial charge in [0, 0.05) is 15.7 Å². The average molecular weight is 330 g/mol. The summed E-state index contributed by atoms with van der Waals surface area (Å²) in [5, 5.41) is 1.29. The van der Waals surface area contributed by atoms with Crippen molar-refractivity contribution in [2.24, 2.45) is 0 Å². The molecule has 0 unspecified atom stereocenters. The van der Waals surface area contributed by atoms with Crippen molar-refractivity contribution in [3.05, 3.63) is 64.8 Å². The number of fused-ring (bicyclic) bond motifs is 1. The molecular weight excluding hydrogens is 314 g/mol. The van der Waals surface area contributed by atoms with E-state index in [4.69, 9.17) is 4.74 Å². The number of rotatable bonds is 4. The van der Waals surface area contributed by atoms with Gasteiger partial charge in [-0.1, -0.05) is 34.1 Å². The molecule has 20 heavy (non-hydrogen) atoms. The molecule has 3 rings (SSSR count). The van der Waals surface area contributed by atoms with Crippen molar-refractivity contribution in [3.63, 3.8) is 0 Å². The van der Waals surface area contributed by atoms with Gasteiger partial charge in [0.1, 0.15) is 12.4 Å². The maximum absolute atomic E-state index is 5.80. The number of para-hydroxylation sites is 1. The summed E-state index contributed by atoms with van der Waals surface area (Å²) in [6.07, 6.45) is 0. The fourth-order valence-electron chi connectivity index (χ4n) is 2.43. The predicted octanol–water partition coefficient (Wildman–Crippen LogP) is 4.79. The molecule has 1 aromatic heterocycles. The zero-order valence-electron chi connectivity index (χ0n) is 11.3. The number of ether oxygens (including phenoxy) is 1. The highest BCUT2D eigenvalue weighted by atomic mass is 79.9. The highest BCUT2D eigenvalue weighted by Crippen LogP contribution is 2.20. The Bertz CT molecular complexity index is 715. The van der Waals surface area contributed by atoms with Crippen LogP contribution in [0, 0.1) is 6.92 Å². The second-order valence-corrected chi connectivity index (χ2v) is 5.71. The number of benzene rings is 2. The van der Waals surface area contributed by atoms with Gasteiger partial charge >= 0.3 is 0 Å². The van der Waals surface area contributed by atoms with E-state index < -0.39 is 0 Å². The van der Waals surface area contributed by atoms with Crippen molar-refractivity contribution in [2.45, 2.75) is 13.5 Å². The fourth-order valence-corrected chi connectivity index (χ4v) is 2.70. The largest absolute Gasteiger partial charge is 0.492 e. The molecule has 2 nitrogen and oxygen atoms in total. The summed E-state index contributed by atoms with van der Waals surface area (Å²) in [6, 6.07) is 18.6. The van der Waals surface area contributed by atoms with Gasteiger partial charge in [0.15, 0.2) is 0 Å². The monoisotopic (exact) mass is 329 g/mol. The molecule has 0 fully saturated rings. The van der Waals surface area contributed by atoms with Gasteiger partial charge in [-0.3, -0.25) is 0 Å². The van der Waals surface area contributed by atoms with Crippen molar-refractivity contribution >= 4 is 26.8 Å². The van der Waals surface area contributed by atoms with Gasteiger partial charge in [0.2, 0.25) is 0 Å². The SMILES string of the molecule is Cc1cc2ccccc2n1CCOc1ccc(Br)cc1. The minimum Gasteiger partial charge on any atom is -0.492 e. The molecular formula is C17H16BrNO. The maximum atomic E-state index is 5.80. The Morgan fingerprint density at radius 3 is 2.60 bits per heavy atom. The molecule has 0 N–H and O–H groups in total. The quantitative estimate of drug-likeness (QED) is 0.671. The van der Waals surface area contributed by atoms with Gasteiger partial charge in [-0.15, -0.1) is 0 Å². The van der Waals surface area contributed by atoms with E-state index in [0.717, 1.165) is 16.8 Å². The molecule has 0 saturated heterocycles. The molecule has 0 aliphatic rings. The minimum atomic E-state index is 0.668. The summed E-state index contributed by atoms with van der Waals surface area (Å²) < 4.78 is 9.16. The number of hydrogen-bond acceptors (Lipinski definition) is 1. The van der Waals surface area contributed by atoms with E-state index in [-0.39, 0.29) is 0 Å². The second-order valence-electron chi connectivity index (χ2n) is 4.80. The van der Waals surface area contributed by atoms with Gasteiger partial charge in [0.25, 0.3) is 0 Å². The van der Waals surface area contributed by atoms with E-state index in [2.05, 4.69) is 57.8 Å². The van der Waals surface area contributed by atoms with Crippen molar-refractivity contribution in [3.8, 4) is 5.75 Å². The molecule has 0 amide bonds. The Labute approximate surface area is 127 Å². The van der Waals surface area contributed by atoms with Gasteiger partial charge in [0.05, 0.1) is 6.54 Å². The van der Waals surface area contributed by atoms with Crippen LogP contribution in [0.1, 0.15) is 5.69 Å². The maximum Gasteiger partial charge on any atom is 0.119 e. The molecule has 3 heteroatoms. The molecule has 2 aromatic carbocycles. The zero-order chi connectivity index (χ0) is 13.9. The first-order valence-electron chi connectivity index (χ1n) is 6.67. The summed E-state index contributed by atoms with van der Waals surface area (Å²) in [6.45, 7) is 3.66. The normalized spacial score (nSPS) is 10.9. The number of hydrogen-bond donors (Lipinski definition) is 0. The Morgan fingerprint density at radius 2 is 1.80 bits per heavy atom. The lowest BCUT2D eigenvalue weighted by molar-refractivity contribution is 0.299. The molecule has 102 valence electrons. The fraction of sp³-hybridized carbons (Fsp3) is 0.176. The van der Waals surface area contributed by atoms with E-state index in [1.54, 1.807) is 0 Å². The first-order valence-corrected chi connectivity index (χ1v) is 7.46. The Hall–Kier alpha value is -1.74. The molecule has 3 aromatic rings. The Kier molecular flexibility index (Phi) is 3.79. The topological polar surface area (TPSA) is 14.2 Å². The van der Waals surface area contributed by atoms with E-state index in [9.17, 15) is 0 Å². The number of halogens is 1. The lowest BCUT2D eigenvalue weighted by Crippen LogP contribution is -2.09. The van der Waals surface area contributed by atoms with E-state index in [0.29, 0.717) is 6.61 Å². The van der Waals surface area contributed by atoms with Crippen LogP contribution in [-0.2, 0) is 6.54 Å². The van der Waals surface area contributed by atoms with Gasteiger partial charge < -0.3 is 9.30 Å². The molecule has 0 bridgehead atoms. The number of aromatic nitrogens is 1. The predicted molar refractivity (Wildman–Crippen MR) is 86.3 cm³/mol. The Balaban J connectivity index is 1.71. The van der Waals surface area contributed by atoms with E-state index in [1.165, 1.54) is 16.6 Å². The molecule has 0 atom stereocenters. The molecule has 0 saturated carbocycles. The summed E-state index contributed by atoms with van der Waals surface area (Å²) >= 11 is 3.42. The molecule has 0 aliphatic carbocycles. The first-order chi connectivity index (χ1) is 9.74. The van der Waals surface area contributed by atoms with Crippen molar-refractivity contribution in [1.29, 1.82) is 0 Å². The van der Waals surface area contributed by atoms with Crippen LogP contribution >= 0.6 is 15.9 Å². The lowest BCUT2D eigenvalue weighted by Gasteiger charge is -2.10. The smallest absolute Gasteiger partial charge is 0.119 e. The van der Waals surface area contributed by atoms with E-state index in [1.807, 2.05) is 24.3 Å². The number of nitrogens with zero attached hydrogens (tertiary/aromatic N) is 1. The number of aryl methyl sites for hydroxylation is 1. The van der Waals surface area contributed by atoms with Crippen LogP contribution < -0.4 is 4.74 Å². The third-order valence-electron chi connectivity index (χ3n) is 3.41. The first kappa shape index (κ1) is 13.3. The highest BCUT2D eigenvalue weighted by molar-refractivity contribution is 9.10. The van der Waals surface area contributed by atoms with Crippen molar-refractivity contribution < 1.29 is 4.74 Å². The van der Waals surface area contributed by atoms with Crippen LogP contribution in [-0.4, -0.2) is 11.2 Å². The summed E-state index contributed by atoms with van der Waals surface area (Å²) in [5.41, 5.74) is 2.54. The van der Waals surface area contributed by atoms with Crippen LogP contribution in [0.15, 0.2) is 59.1 Å². The molecule has 0 radical (unpaired) electrons. The van der Waals surface area contributed by atoms with Gasteiger partial charge in [-0.25, -0.2) is 0 Å². The van der Waals surface area contributed by atoms with Crippen LogP contribution in [0.3, 0.4) is 0 Å². The highest BCUT2D eigenvalue weighted by Gasteiger charge is 2.04. The summed E-state index contributed by atoms with van der Waals surface area (Å²) in [7, 11) is 0. The third kappa shape index (κ3) is 2.73. The summed E-state index contributed by atoms with van der Waals surface area (Å²) in [5.74, 6) is 0.905. The van der Waals surface area contributed by atoms with Crippen molar-refractivity contribution in [2.75, 3.05) is 6.61 Å². The van der Waals surface area contributed by atoms with Crippen LogP contribution in [0.25, 0.3) is 10.9 Å². The van der Waals surface area contributed by atoms with Crippen LogP contribution in [0.4, 0.5) is 0 Å². The third-order valence-corrected chi connectivity index (χ3v) is 3.94. The summed E-state index contributed by atoms with van der Waals surface area (Å²) in [4.78, 5) is 0. The van der Waals surface area contributed by atoms with Gasteiger partial charge in [-0.05, 0) is 48.7 Å².